The minimum atomic E-state index is -0.737. The first kappa shape index (κ1) is 21.9. The lowest BCUT2D eigenvalue weighted by atomic mass is 9.85. The van der Waals surface area contributed by atoms with Crippen molar-refractivity contribution in [2.75, 3.05) is 0 Å². The molecule has 0 aromatic heterocycles. The third kappa shape index (κ3) is 5.78. The lowest BCUT2D eigenvalue weighted by molar-refractivity contribution is 0.00939. The molecular formula is C24H29FO3. The van der Waals surface area contributed by atoms with Gasteiger partial charge in [-0.25, -0.2) is 4.39 Å². The van der Waals surface area contributed by atoms with E-state index in [1.54, 1.807) is 12.1 Å². The molecule has 2 aromatic rings. The van der Waals surface area contributed by atoms with Crippen LogP contribution in [0.2, 0.25) is 0 Å². The van der Waals surface area contributed by atoms with Crippen molar-refractivity contribution in [3.05, 3.63) is 78.1 Å². The fourth-order valence-corrected chi connectivity index (χ4v) is 3.23. The number of aliphatic hydroxyl groups is 2. The molecule has 0 radical (unpaired) electrons. The molecule has 0 aliphatic rings. The summed E-state index contributed by atoms with van der Waals surface area (Å²) in [6, 6.07) is 13.9. The molecule has 0 aliphatic carbocycles. The van der Waals surface area contributed by atoms with E-state index < -0.39 is 23.9 Å². The van der Waals surface area contributed by atoms with Crippen molar-refractivity contribution in [2.24, 2.45) is 11.8 Å². The normalized spacial score (nSPS) is 15.3. The lowest BCUT2D eigenvalue weighted by Gasteiger charge is -2.27. The molecule has 2 rings (SSSR count). The summed E-state index contributed by atoms with van der Waals surface area (Å²) in [5.41, 5.74) is 2.54. The number of allylic oxidation sites excluding steroid dienone is 1. The van der Waals surface area contributed by atoms with Crippen LogP contribution >= 0.6 is 0 Å². The van der Waals surface area contributed by atoms with Crippen LogP contribution in [0.1, 0.15) is 37.8 Å². The molecule has 2 aromatic carbocycles. The lowest BCUT2D eigenvalue weighted by Crippen LogP contribution is -2.33. The first-order valence-electron chi connectivity index (χ1n) is 9.56. The Morgan fingerprint density at radius 2 is 1.79 bits per heavy atom. The minimum absolute atomic E-state index is 0.0155. The molecule has 3 N–H and O–H groups in total. The highest BCUT2D eigenvalue weighted by molar-refractivity contribution is 5.81. The molecule has 0 unspecified atom stereocenters. The second-order valence-corrected chi connectivity index (χ2v) is 7.40. The van der Waals surface area contributed by atoms with Gasteiger partial charge < -0.3 is 15.3 Å². The number of hydrogen-bond donors (Lipinski definition) is 3. The average Bonchev–Trinajstić information content (AvgIpc) is 2.68. The third-order valence-electron chi connectivity index (χ3n) is 4.96. The summed E-state index contributed by atoms with van der Waals surface area (Å²) in [5, 5.41) is 30.3. The van der Waals surface area contributed by atoms with Gasteiger partial charge in [-0.3, -0.25) is 0 Å². The van der Waals surface area contributed by atoms with E-state index in [0.29, 0.717) is 18.4 Å². The molecule has 0 aliphatic heterocycles. The van der Waals surface area contributed by atoms with Gasteiger partial charge in [-0.15, -0.1) is 6.58 Å². The topological polar surface area (TPSA) is 60.7 Å². The van der Waals surface area contributed by atoms with Gasteiger partial charge in [-0.2, -0.15) is 0 Å². The zero-order chi connectivity index (χ0) is 20.7. The number of hydrogen-bond acceptors (Lipinski definition) is 3. The van der Waals surface area contributed by atoms with Crippen molar-refractivity contribution in [2.45, 2.75) is 38.9 Å². The van der Waals surface area contributed by atoms with Crippen molar-refractivity contribution < 1.29 is 19.7 Å². The van der Waals surface area contributed by atoms with E-state index in [2.05, 4.69) is 6.58 Å². The molecule has 0 spiro atoms. The van der Waals surface area contributed by atoms with E-state index in [9.17, 15) is 19.7 Å². The summed E-state index contributed by atoms with van der Waals surface area (Å²) < 4.78 is 13.7. The van der Waals surface area contributed by atoms with E-state index in [1.807, 2.05) is 50.3 Å². The minimum Gasteiger partial charge on any atom is -0.505 e. The number of aliphatic hydroxyl groups excluding tert-OH is 2. The molecule has 4 heteroatoms. The molecule has 0 saturated heterocycles. The third-order valence-corrected chi connectivity index (χ3v) is 4.96. The van der Waals surface area contributed by atoms with Gasteiger partial charge in [-0.1, -0.05) is 62.4 Å². The Morgan fingerprint density at radius 3 is 2.36 bits per heavy atom. The molecule has 0 saturated carbocycles. The highest BCUT2D eigenvalue weighted by atomic mass is 19.1. The Hall–Kier alpha value is -2.43. The zero-order valence-corrected chi connectivity index (χ0v) is 16.4. The van der Waals surface area contributed by atoms with Crippen molar-refractivity contribution >= 4 is 11.6 Å². The predicted molar refractivity (Wildman–Crippen MR) is 112 cm³/mol. The fourth-order valence-electron chi connectivity index (χ4n) is 3.23. The van der Waals surface area contributed by atoms with Crippen LogP contribution in [-0.4, -0.2) is 27.5 Å². The SMILES string of the molecule is C=C[C@H]([C@H](O)CC/C(=C/c1ccc(O)c(F)c1)c1ccccc1)[C@H](O)C(C)C. The summed E-state index contributed by atoms with van der Waals surface area (Å²) in [4.78, 5) is 0. The number of halogens is 1. The van der Waals surface area contributed by atoms with E-state index in [0.717, 1.165) is 11.1 Å². The largest absolute Gasteiger partial charge is 0.505 e. The quantitative estimate of drug-likeness (QED) is 0.420. The van der Waals surface area contributed by atoms with Crippen molar-refractivity contribution in [3.63, 3.8) is 0 Å². The number of aromatic hydroxyl groups is 1. The standard InChI is InChI=1S/C24H29FO3/c1-4-20(24(28)16(2)3)22(26)13-11-19(18-8-6-5-7-9-18)14-17-10-12-23(27)21(25)15-17/h4-10,12,14-16,20,22,24,26-28H,1,11,13H2,2-3H3/b19-14-/t20-,22-,24-/m1/s1. The Balaban J connectivity index is 2.24. The van der Waals surface area contributed by atoms with Gasteiger partial charge in [0.25, 0.3) is 0 Å². The van der Waals surface area contributed by atoms with Gasteiger partial charge in [0, 0.05) is 5.92 Å². The maximum Gasteiger partial charge on any atom is 0.165 e. The average molecular weight is 384 g/mol. The van der Waals surface area contributed by atoms with Gasteiger partial charge in [0.2, 0.25) is 0 Å². The highest BCUT2D eigenvalue weighted by Gasteiger charge is 2.26. The molecule has 3 atom stereocenters. The van der Waals surface area contributed by atoms with E-state index in [1.165, 1.54) is 12.1 Å². The van der Waals surface area contributed by atoms with Crippen LogP contribution in [0, 0.1) is 17.7 Å². The summed E-state index contributed by atoms with van der Waals surface area (Å²) in [6.45, 7) is 7.57. The van der Waals surface area contributed by atoms with Gasteiger partial charge >= 0.3 is 0 Å². The Morgan fingerprint density at radius 1 is 1.11 bits per heavy atom. The Bertz CT molecular complexity index is 799. The molecule has 150 valence electrons. The van der Waals surface area contributed by atoms with Crippen LogP contribution < -0.4 is 0 Å². The summed E-state index contributed by atoms with van der Waals surface area (Å²) >= 11 is 0. The Labute approximate surface area is 166 Å². The van der Waals surface area contributed by atoms with Gasteiger partial charge in [-0.05, 0) is 47.6 Å². The maximum absolute atomic E-state index is 13.7. The molecule has 3 nitrogen and oxygen atoms in total. The molecule has 0 heterocycles. The van der Waals surface area contributed by atoms with Crippen molar-refractivity contribution in [3.8, 4) is 5.75 Å². The van der Waals surface area contributed by atoms with E-state index in [4.69, 9.17) is 0 Å². The van der Waals surface area contributed by atoms with E-state index >= 15 is 0 Å². The maximum atomic E-state index is 13.7. The summed E-state index contributed by atoms with van der Waals surface area (Å²) in [5.74, 6) is -1.46. The smallest absolute Gasteiger partial charge is 0.165 e. The van der Waals surface area contributed by atoms with Crippen LogP contribution in [0.5, 0.6) is 5.75 Å². The number of phenols is 1. The monoisotopic (exact) mass is 384 g/mol. The zero-order valence-electron chi connectivity index (χ0n) is 16.4. The molecule has 28 heavy (non-hydrogen) atoms. The van der Waals surface area contributed by atoms with Gasteiger partial charge in [0.05, 0.1) is 12.2 Å². The first-order chi connectivity index (χ1) is 13.3. The fraction of sp³-hybridized carbons (Fsp3) is 0.333. The second-order valence-electron chi connectivity index (χ2n) is 7.40. The second kappa shape index (κ2) is 10.2. The van der Waals surface area contributed by atoms with Crippen molar-refractivity contribution in [1.82, 2.24) is 0 Å². The molecule has 0 fully saturated rings. The molecule has 0 bridgehead atoms. The number of rotatable bonds is 9. The molecular weight excluding hydrogens is 355 g/mol. The number of phenolic OH excluding ortho intramolecular Hbond substituents is 1. The molecule has 0 amide bonds. The van der Waals surface area contributed by atoms with E-state index in [-0.39, 0.29) is 11.7 Å². The van der Waals surface area contributed by atoms with Crippen LogP contribution in [0.25, 0.3) is 11.6 Å². The first-order valence-corrected chi connectivity index (χ1v) is 9.56. The van der Waals surface area contributed by atoms with Crippen LogP contribution in [0.15, 0.2) is 61.2 Å². The van der Waals surface area contributed by atoms with Crippen LogP contribution in [0.3, 0.4) is 0 Å². The number of benzene rings is 2. The van der Waals surface area contributed by atoms with Gasteiger partial charge in [0.1, 0.15) is 0 Å². The summed E-state index contributed by atoms with van der Waals surface area (Å²) in [6.07, 6.45) is 3.04. The highest BCUT2D eigenvalue weighted by Crippen LogP contribution is 2.28. The van der Waals surface area contributed by atoms with Crippen LogP contribution in [0.4, 0.5) is 4.39 Å². The van der Waals surface area contributed by atoms with Crippen LogP contribution in [-0.2, 0) is 0 Å². The predicted octanol–water partition coefficient (Wildman–Crippen LogP) is 5.03. The summed E-state index contributed by atoms with van der Waals surface area (Å²) in [7, 11) is 0. The van der Waals surface area contributed by atoms with Gasteiger partial charge in [0.15, 0.2) is 11.6 Å². The Kier molecular flexibility index (Phi) is 7.97. The van der Waals surface area contributed by atoms with Crippen molar-refractivity contribution in [1.29, 1.82) is 0 Å².